The van der Waals surface area contributed by atoms with E-state index in [9.17, 15) is 4.79 Å². The maximum atomic E-state index is 11.6. The summed E-state index contributed by atoms with van der Waals surface area (Å²) in [7, 11) is 1.39. The van der Waals surface area contributed by atoms with Crippen LogP contribution in [0.1, 0.15) is 19.4 Å². The number of hydrogen-bond acceptors (Lipinski definition) is 3. The average molecular weight is 290 g/mol. The van der Waals surface area contributed by atoms with Gasteiger partial charge < -0.3 is 10.1 Å². The van der Waals surface area contributed by atoms with Gasteiger partial charge in [-0.15, -0.1) is 0 Å². The second-order valence-electron chi connectivity index (χ2n) is 4.37. The van der Waals surface area contributed by atoms with Crippen molar-refractivity contribution in [3.05, 3.63) is 33.8 Å². The summed E-state index contributed by atoms with van der Waals surface area (Å²) >= 11 is 11.8. The van der Waals surface area contributed by atoms with Gasteiger partial charge in [0.05, 0.1) is 17.2 Å². The molecule has 1 aromatic rings. The molecule has 0 aliphatic carbocycles. The second-order valence-corrected chi connectivity index (χ2v) is 5.19. The molecule has 0 amide bonds. The lowest BCUT2D eigenvalue weighted by atomic mass is 10.0. The van der Waals surface area contributed by atoms with Crippen molar-refractivity contribution in [1.82, 2.24) is 5.32 Å². The van der Waals surface area contributed by atoms with Crippen LogP contribution in [0.2, 0.25) is 10.0 Å². The number of halogens is 2. The number of hydrogen-bond donors (Lipinski definition) is 1. The Morgan fingerprint density at radius 2 is 2.00 bits per heavy atom. The highest BCUT2D eigenvalue weighted by atomic mass is 35.5. The van der Waals surface area contributed by atoms with Gasteiger partial charge in [-0.1, -0.05) is 43.1 Å². The third-order valence-electron chi connectivity index (χ3n) is 2.63. The molecule has 0 radical (unpaired) electrons. The Hall–Kier alpha value is -0.770. The van der Waals surface area contributed by atoms with E-state index in [2.05, 4.69) is 5.32 Å². The van der Waals surface area contributed by atoms with Gasteiger partial charge in [0.2, 0.25) is 0 Å². The molecule has 18 heavy (non-hydrogen) atoms. The van der Waals surface area contributed by atoms with Gasteiger partial charge in [0.1, 0.15) is 6.04 Å². The molecule has 3 nitrogen and oxygen atoms in total. The minimum absolute atomic E-state index is 0.153. The molecule has 0 saturated carbocycles. The third kappa shape index (κ3) is 4.16. The van der Waals surface area contributed by atoms with Crippen LogP contribution in [-0.2, 0) is 16.1 Å². The molecule has 0 saturated heterocycles. The van der Waals surface area contributed by atoms with Gasteiger partial charge in [0.25, 0.3) is 0 Å². The van der Waals surface area contributed by atoms with Crippen LogP contribution in [0.4, 0.5) is 0 Å². The summed E-state index contributed by atoms with van der Waals surface area (Å²) in [5, 5.41) is 4.19. The molecule has 0 aliphatic rings. The van der Waals surface area contributed by atoms with Crippen LogP contribution in [0, 0.1) is 5.92 Å². The number of benzene rings is 1. The van der Waals surface area contributed by atoms with E-state index in [4.69, 9.17) is 27.9 Å². The fourth-order valence-corrected chi connectivity index (χ4v) is 1.92. The molecular formula is C13H17Cl2NO2. The number of carbonyl (C=O) groups excluding carboxylic acids is 1. The van der Waals surface area contributed by atoms with Crippen LogP contribution >= 0.6 is 23.2 Å². The standard InChI is InChI=1S/C13H17Cl2NO2/c1-8(2)12(13(17)18-3)16-7-9-4-5-10(14)11(15)6-9/h4-6,8,12,16H,7H2,1-3H3/t12-/m1/s1. The number of esters is 1. The number of rotatable bonds is 5. The van der Waals surface area contributed by atoms with Gasteiger partial charge in [-0.25, -0.2) is 0 Å². The fraction of sp³-hybridized carbons (Fsp3) is 0.462. The van der Waals surface area contributed by atoms with Crippen LogP contribution in [0.25, 0.3) is 0 Å². The van der Waals surface area contributed by atoms with E-state index in [1.165, 1.54) is 7.11 Å². The highest BCUT2D eigenvalue weighted by Crippen LogP contribution is 2.22. The van der Waals surface area contributed by atoms with E-state index in [0.29, 0.717) is 16.6 Å². The molecule has 0 bridgehead atoms. The zero-order chi connectivity index (χ0) is 13.7. The van der Waals surface area contributed by atoms with E-state index in [1.54, 1.807) is 12.1 Å². The summed E-state index contributed by atoms with van der Waals surface area (Å²) in [5.41, 5.74) is 0.971. The van der Waals surface area contributed by atoms with E-state index in [1.807, 2.05) is 19.9 Å². The Balaban J connectivity index is 2.67. The Kier molecular flexibility index (Phi) is 5.93. The van der Waals surface area contributed by atoms with Crippen LogP contribution in [-0.4, -0.2) is 19.1 Å². The highest BCUT2D eigenvalue weighted by molar-refractivity contribution is 6.42. The number of ether oxygens (including phenoxy) is 1. The lowest BCUT2D eigenvalue weighted by molar-refractivity contribution is -0.144. The molecule has 0 aliphatic heterocycles. The zero-order valence-electron chi connectivity index (χ0n) is 10.7. The molecule has 1 N–H and O–H groups in total. The summed E-state index contributed by atoms with van der Waals surface area (Å²) in [4.78, 5) is 11.6. The first-order valence-electron chi connectivity index (χ1n) is 5.70. The first-order valence-corrected chi connectivity index (χ1v) is 6.46. The summed E-state index contributed by atoms with van der Waals surface area (Å²) < 4.78 is 4.76. The van der Waals surface area contributed by atoms with Crippen molar-refractivity contribution in [2.75, 3.05) is 7.11 Å². The van der Waals surface area contributed by atoms with Crippen LogP contribution in [0.5, 0.6) is 0 Å². The minimum Gasteiger partial charge on any atom is -0.468 e. The van der Waals surface area contributed by atoms with Crippen molar-refractivity contribution < 1.29 is 9.53 Å². The van der Waals surface area contributed by atoms with Crippen molar-refractivity contribution in [1.29, 1.82) is 0 Å². The molecule has 0 aromatic heterocycles. The van der Waals surface area contributed by atoms with Crippen molar-refractivity contribution in [2.45, 2.75) is 26.4 Å². The molecule has 0 unspecified atom stereocenters. The first-order chi connectivity index (χ1) is 8.45. The molecule has 1 rings (SSSR count). The summed E-state index contributed by atoms with van der Waals surface area (Å²) in [6.07, 6.45) is 0. The Labute approximate surface area is 117 Å². The smallest absolute Gasteiger partial charge is 0.323 e. The number of nitrogens with one attached hydrogen (secondary N) is 1. The largest absolute Gasteiger partial charge is 0.468 e. The average Bonchev–Trinajstić information content (AvgIpc) is 2.33. The van der Waals surface area contributed by atoms with Gasteiger partial charge in [-0.2, -0.15) is 0 Å². The molecule has 0 fully saturated rings. The minimum atomic E-state index is -0.329. The van der Waals surface area contributed by atoms with Crippen molar-refractivity contribution in [3.63, 3.8) is 0 Å². The monoisotopic (exact) mass is 289 g/mol. The van der Waals surface area contributed by atoms with Gasteiger partial charge >= 0.3 is 5.97 Å². The normalized spacial score (nSPS) is 12.6. The number of methoxy groups -OCH3 is 1. The van der Waals surface area contributed by atoms with Gasteiger partial charge in [0.15, 0.2) is 0 Å². The maximum Gasteiger partial charge on any atom is 0.323 e. The molecule has 1 aromatic carbocycles. The van der Waals surface area contributed by atoms with Crippen LogP contribution < -0.4 is 5.32 Å². The quantitative estimate of drug-likeness (QED) is 0.846. The van der Waals surface area contributed by atoms with Gasteiger partial charge in [0, 0.05) is 6.54 Å². The van der Waals surface area contributed by atoms with Crippen LogP contribution in [0.15, 0.2) is 18.2 Å². The SMILES string of the molecule is COC(=O)[C@H](NCc1ccc(Cl)c(Cl)c1)C(C)C. The van der Waals surface area contributed by atoms with Crippen molar-refractivity contribution in [3.8, 4) is 0 Å². The topological polar surface area (TPSA) is 38.3 Å². The first kappa shape index (κ1) is 15.3. The molecule has 0 heterocycles. The second kappa shape index (κ2) is 6.98. The Bertz CT molecular complexity index is 421. The Morgan fingerprint density at radius 3 is 2.50 bits per heavy atom. The van der Waals surface area contributed by atoms with Crippen LogP contribution in [0.3, 0.4) is 0 Å². The summed E-state index contributed by atoms with van der Waals surface area (Å²) in [6, 6.07) is 5.06. The van der Waals surface area contributed by atoms with E-state index in [-0.39, 0.29) is 17.9 Å². The number of carbonyl (C=O) groups is 1. The van der Waals surface area contributed by atoms with E-state index < -0.39 is 0 Å². The van der Waals surface area contributed by atoms with Gasteiger partial charge in [-0.3, -0.25) is 4.79 Å². The van der Waals surface area contributed by atoms with E-state index >= 15 is 0 Å². The van der Waals surface area contributed by atoms with Crippen molar-refractivity contribution in [2.24, 2.45) is 5.92 Å². The third-order valence-corrected chi connectivity index (χ3v) is 3.37. The van der Waals surface area contributed by atoms with Crippen molar-refractivity contribution >= 4 is 29.2 Å². The Morgan fingerprint density at radius 1 is 1.33 bits per heavy atom. The summed E-state index contributed by atoms with van der Waals surface area (Å²) in [6.45, 7) is 4.46. The molecule has 0 spiro atoms. The lowest BCUT2D eigenvalue weighted by Gasteiger charge is -2.19. The predicted molar refractivity (Wildman–Crippen MR) is 73.9 cm³/mol. The zero-order valence-corrected chi connectivity index (χ0v) is 12.2. The predicted octanol–water partition coefficient (Wildman–Crippen LogP) is 3.28. The fourth-order valence-electron chi connectivity index (χ4n) is 1.60. The highest BCUT2D eigenvalue weighted by Gasteiger charge is 2.22. The summed E-state index contributed by atoms with van der Waals surface area (Å²) in [5.74, 6) is -0.106. The van der Waals surface area contributed by atoms with E-state index in [0.717, 1.165) is 5.56 Å². The lowest BCUT2D eigenvalue weighted by Crippen LogP contribution is -2.41. The molecule has 100 valence electrons. The van der Waals surface area contributed by atoms with Gasteiger partial charge in [-0.05, 0) is 23.6 Å². The molecular weight excluding hydrogens is 273 g/mol. The maximum absolute atomic E-state index is 11.6. The molecule has 5 heteroatoms. The molecule has 1 atom stereocenters.